The molecule has 2 fully saturated rings. The Kier molecular flexibility index (Phi) is 10.0. The molecule has 0 N–H and O–H groups in total. The van der Waals surface area contributed by atoms with Crippen LogP contribution in [-0.4, -0.2) is 24.2 Å². The predicted octanol–water partition coefficient (Wildman–Crippen LogP) is 7.08. The molecule has 0 saturated heterocycles. The number of hydrogen-bond donors (Lipinski definition) is 0. The summed E-state index contributed by atoms with van der Waals surface area (Å²) in [7, 11) is -0.411. The van der Waals surface area contributed by atoms with Crippen LogP contribution in [0.3, 0.4) is 0 Å². The van der Waals surface area contributed by atoms with Crippen molar-refractivity contribution in [2.45, 2.75) is 83.8 Å². The van der Waals surface area contributed by atoms with Crippen LogP contribution in [0.2, 0.25) is 0 Å². The molecule has 3 atom stereocenters. The molecule has 2 saturated carbocycles. The zero-order valence-corrected chi connectivity index (χ0v) is 22.5. The van der Waals surface area contributed by atoms with Crippen LogP contribution in [0.1, 0.15) is 72.1 Å². The largest absolute Gasteiger partial charge is 0.478 e. The first-order chi connectivity index (χ1) is 15.5. The molecule has 3 aliphatic rings. The first-order valence-corrected chi connectivity index (χ1v) is 14.0. The van der Waals surface area contributed by atoms with E-state index >= 15 is 0 Å². The second kappa shape index (κ2) is 12.5. The number of ether oxygens (including phenoxy) is 1. The maximum absolute atomic E-state index is 6.19. The summed E-state index contributed by atoms with van der Waals surface area (Å²) in [5.74, 6) is 1.50. The Morgan fingerprint density at radius 3 is 1.73 bits per heavy atom. The molecule has 180 valence electrons. The van der Waals surface area contributed by atoms with E-state index in [9.17, 15) is 0 Å². The zero-order chi connectivity index (χ0) is 22.4. The minimum Gasteiger partial charge on any atom is -0.478 e. The first kappa shape index (κ1) is 26.5. The van der Waals surface area contributed by atoms with Crippen LogP contribution in [0, 0.1) is 11.3 Å². The summed E-state index contributed by atoms with van der Waals surface area (Å²) in [4.78, 5) is 5.07. The van der Waals surface area contributed by atoms with Gasteiger partial charge in [0.2, 0.25) is 0 Å². The van der Waals surface area contributed by atoms with Crippen LogP contribution in [0.5, 0.6) is 0 Å². The van der Waals surface area contributed by atoms with Gasteiger partial charge in [-0.05, 0) is 42.4 Å². The monoisotopic (exact) mass is 505 g/mol. The Balaban J connectivity index is 0.000000453. The van der Waals surface area contributed by atoms with E-state index in [1.54, 1.807) is 0 Å². The molecule has 33 heavy (non-hydrogen) atoms. The molecular formula is C29H40FeNOP. The van der Waals surface area contributed by atoms with Crippen molar-refractivity contribution >= 4 is 24.4 Å². The van der Waals surface area contributed by atoms with Crippen LogP contribution >= 0.6 is 7.92 Å². The molecule has 0 spiro atoms. The van der Waals surface area contributed by atoms with Crippen LogP contribution in [0.15, 0.2) is 65.7 Å². The fraction of sp³-hybridized carbons (Fsp3) is 0.552. The molecule has 2 nitrogen and oxygen atoms in total. The van der Waals surface area contributed by atoms with E-state index in [1.807, 2.05) is 0 Å². The van der Waals surface area contributed by atoms with Crippen LogP contribution in [0.4, 0.5) is 0 Å². The summed E-state index contributed by atoms with van der Waals surface area (Å²) in [6, 6.07) is 22.5. The second-order valence-electron chi connectivity index (χ2n) is 10.6. The van der Waals surface area contributed by atoms with Gasteiger partial charge < -0.3 is 4.74 Å². The predicted molar refractivity (Wildman–Crippen MR) is 140 cm³/mol. The Morgan fingerprint density at radius 1 is 0.758 bits per heavy atom. The minimum atomic E-state index is -0.411. The third kappa shape index (κ3) is 6.94. The average molecular weight is 505 g/mol. The van der Waals surface area contributed by atoms with Gasteiger partial charge in [-0.15, -0.1) is 0 Å². The summed E-state index contributed by atoms with van der Waals surface area (Å²) in [6.45, 7) is 7.54. The molecule has 0 radical (unpaired) electrons. The smallest absolute Gasteiger partial charge is 0.187 e. The molecule has 2 aromatic rings. The Morgan fingerprint density at radius 2 is 1.27 bits per heavy atom. The fourth-order valence-corrected chi connectivity index (χ4v) is 8.30. The van der Waals surface area contributed by atoms with Gasteiger partial charge in [-0.1, -0.05) is 120 Å². The molecule has 2 aromatic carbocycles. The maximum Gasteiger partial charge on any atom is 0.187 e. The SMILES string of the molecule is C1CCCC1.CC(C)(C)[C@H]1COC(C2CCCC2P(c2ccccc2)c2ccccc2)=N1.[Fe]. The van der Waals surface area contributed by atoms with Crippen molar-refractivity contribution in [1.29, 1.82) is 0 Å². The van der Waals surface area contributed by atoms with Crippen LogP contribution in [0.25, 0.3) is 0 Å². The van der Waals surface area contributed by atoms with Gasteiger partial charge in [-0.2, -0.15) is 0 Å². The van der Waals surface area contributed by atoms with Gasteiger partial charge in [0.1, 0.15) is 6.61 Å². The van der Waals surface area contributed by atoms with Gasteiger partial charge in [0.15, 0.2) is 5.90 Å². The number of rotatable bonds is 4. The van der Waals surface area contributed by atoms with Crippen molar-refractivity contribution in [2.75, 3.05) is 6.61 Å². The maximum atomic E-state index is 6.19. The van der Waals surface area contributed by atoms with E-state index in [4.69, 9.17) is 9.73 Å². The molecule has 0 aromatic heterocycles. The molecule has 4 heteroatoms. The summed E-state index contributed by atoms with van der Waals surface area (Å²) < 4.78 is 6.19. The van der Waals surface area contributed by atoms with E-state index in [1.165, 1.54) is 62.0 Å². The summed E-state index contributed by atoms with van der Waals surface area (Å²) in [6.07, 6.45) is 11.2. The number of benzene rings is 2. The number of aliphatic imine (C=N–C) groups is 1. The Labute approximate surface area is 213 Å². The van der Waals surface area contributed by atoms with Gasteiger partial charge in [-0.25, -0.2) is 4.99 Å². The molecule has 5 rings (SSSR count). The van der Waals surface area contributed by atoms with E-state index in [-0.39, 0.29) is 28.5 Å². The topological polar surface area (TPSA) is 21.6 Å². The zero-order valence-electron chi connectivity index (χ0n) is 20.5. The average Bonchev–Trinajstić information content (AvgIpc) is 3.58. The van der Waals surface area contributed by atoms with Crippen molar-refractivity contribution in [1.82, 2.24) is 0 Å². The van der Waals surface area contributed by atoms with E-state index in [0.717, 1.165) is 12.5 Å². The first-order valence-electron chi connectivity index (χ1n) is 12.6. The van der Waals surface area contributed by atoms with Crippen molar-refractivity contribution in [2.24, 2.45) is 16.3 Å². The van der Waals surface area contributed by atoms with E-state index in [0.29, 0.717) is 11.6 Å². The summed E-state index contributed by atoms with van der Waals surface area (Å²) in [5, 5.41) is 2.95. The summed E-state index contributed by atoms with van der Waals surface area (Å²) >= 11 is 0. The molecular weight excluding hydrogens is 465 g/mol. The van der Waals surface area contributed by atoms with Gasteiger partial charge >= 0.3 is 0 Å². The minimum absolute atomic E-state index is 0. The van der Waals surface area contributed by atoms with Gasteiger partial charge in [0, 0.05) is 23.0 Å². The normalized spacial score (nSPS) is 24.5. The molecule has 1 heterocycles. The van der Waals surface area contributed by atoms with E-state index < -0.39 is 7.92 Å². The molecule has 2 aliphatic carbocycles. The van der Waals surface area contributed by atoms with Crippen LogP contribution < -0.4 is 10.6 Å². The molecule has 1 aliphatic heterocycles. The second-order valence-corrected chi connectivity index (χ2v) is 13.0. The van der Waals surface area contributed by atoms with Crippen molar-refractivity contribution < 1.29 is 21.8 Å². The fourth-order valence-electron chi connectivity index (χ4n) is 5.17. The Bertz CT molecular complexity index is 813. The van der Waals surface area contributed by atoms with Crippen molar-refractivity contribution in [3.05, 3.63) is 60.7 Å². The van der Waals surface area contributed by atoms with Crippen LogP contribution in [-0.2, 0) is 21.8 Å². The van der Waals surface area contributed by atoms with Crippen molar-refractivity contribution in [3.63, 3.8) is 0 Å². The van der Waals surface area contributed by atoms with Gasteiger partial charge in [0.25, 0.3) is 0 Å². The number of nitrogens with zero attached hydrogens (tertiary/aromatic N) is 1. The Hall–Kier alpha value is -1.14. The molecule has 0 bridgehead atoms. The van der Waals surface area contributed by atoms with Gasteiger partial charge in [0.05, 0.1) is 6.04 Å². The third-order valence-electron chi connectivity index (χ3n) is 7.12. The van der Waals surface area contributed by atoms with Gasteiger partial charge in [-0.3, -0.25) is 0 Å². The van der Waals surface area contributed by atoms with Crippen molar-refractivity contribution in [3.8, 4) is 0 Å². The summed E-state index contributed by atoms with van der Waals surface area (Å²) in [5.41, 5.74) is 0.779. The molecule has 0 amide bonds. The quantitative estimate of drug-likeness (QED) is 0.322. The van der Waals surface area contributed by atoms with E-state index in [2.05, 4.69) is 81.4 Å². The third-order valence-corrected chi connectivity index (χ3v) is 10.1. The molecule has 2 unspecified atom stereocenters. The standard InChI is InChI=1S/C24H30NOP.C5H10.Fe/c1-24(2,3)22-17-26-23(25-22)20-15-10-16-21(20)27(18-11-6-4-7-12-18)19-13-8-5-9-14-19;1-2-4-5-3-1;/h4-9,11-14,20-22H,10,15-17H2,1-3H3;1-5H2;/t20?,21?,22-;;/m1../s1. The number of hydrogen-bond acceptors (Lipinski definition) is 2.